The van der Waals surface area contributed by atoms with E-state index in [-0.39, 0.29) is 5.91 Å². The Balaban J connectivity index is 1.64. The summed E-state index contributed by atoms with van der Waals surface area (Å²) in [6, 6.07) is 15.0. The number of carbonyl (C=O) groups excluding carboxylic acids is 2. The Bertz CT molecular complexity index is 1090. The van der Waals surface area contributed by atoms with Crippen LogP contribution in [0.3, 0.4) is 0 Å². The minimum atomic E-state index is -1.03. The molecule has 1 atom stereocenters. The Morgan fingerprint density at radius 2 is 1.83 bits per heavy atom. The van der Waals surface area contributed by atoms with Crippen LogP contribution >= 0.6 is 0 Å². The van der Waals surface area contributed by atoms with Crippen LogP contribution in [0.2, 0.25) is 0 Å². The van der Waals surface area contributed by atoms with Gasteiger partial charge >= 0.3 is 6.03 Å². The molecule has 35 heavy (non-hydrogen) atoms. The fraction of sp³-hybridized carbons (Fsp3) is 0.423. The molecule has 0 radical (unpaired) electrons. The Morgan fingerprint density at radius 1 is 1.09 bits per heavy atom. The third kappa shape index (κ3) is 5.57. The van der Waals surface area contributed by atoms with Crippen LogP contribution < -0.4 is 20.4 Å². The van der Waals surface area contributed by atoms with Crippen molar-refractivity contribution in [3.8, 4) is 0 Å². The first kappa shape index (κ1) is 24.5. The molecule has 9 nitrogen and oxygen atoms in total. The molecule has 9 heteroatoms. The molecular weight excluding hydrogens is 442 g/mol. The maximum atomic E-state index is 13.7. The van der Waals surface area contributed by atoms with Crippen molar-refractivity contribution in [2.24, 2.45) is 4.99 Å². The average Bonchev–Trinajstić information content (AvgIpc) is 2.95. The second-order valence-corrected chi connectivity index (χ2v) is 9.20. The molecule has 2 aliphatic rings. The summed E-state index contributed by atoms with van der Waals surface area (Å²) >= 11 is 0. The molecule has 2 aromatic carbocycles. The monoisotopic (exact) mass is 477 g/mol. The van der Waals surface area contributed by atoms with Crippen LogP contribution in [0.25, 0.3) is 0 Å². The molecule has 0 saturated carbocycles. The highest BCUT2D eigenvalue weighted by Gasteiger charge is 2.34. The lowest BCUT2D eigenvalue weighted by Gasteiger charge is -2.35. The normalized spacial score (nSPS) is 18.5. The van der Waals surface area contributed by atoms with E-state index in [4.69, 9.17) is 4.99 Å². The predicted octanol–water partition coefficient (Wildman–Crippen LogP) is 2.65. The molecule has 0 bridgehead atoms. The average molecular weight is 478 g/mol. The Hall–Kier alpha value is -3.59. The molecule has 2 aliphatic heterocycles. The molecule has 2 heterocycles. The summed E-state index contributed by atoms with van der Waals surface area (Å²) < 4.78 is 0. The molecule has 3 amide bonds. The highest BCUT2D eigenvalue weighted by atomic mass is 16.2. The van der Waals surface area contributed by atoms with Gasteiger partial charge in [0.1, 0.15) is 5.84 Å². The number of anilines is 3. The van der Waals surface area contributed by atoms with E-state index < -0.39 is 12.2 Å². The quantitative estimate of drug-likeness (QED) is 0.692. The highest BCUT2D eigenvalue weighted by molar-refractivity contribution is 6.12. The van der Waals surface area contributed by atoms with Crippen molar-refractivity contribution in [1.29, 1.82) is 0 Å². The first-order valence-corrected chi connectivity index (χ1v) is 12.1. The van der Waals surface area contributed by atoms with Crippen molar-refractivity contribution >= 4 is 34.8 Å². The molecule has 1 fully saturated rings. The van der Waals surface area contributed by atoms with Gasteiger partial charge in [0.25, 0.3) is 5.91 Å². The van der Waals surface area contributed by atoms with Crippen LogP contribution in [0.5, 0.6) is 0 Å². The number of nitrogens with one attached hydrogen (secondary N) is 2. The van der Waals surface area contributed by atoms with Gasteiger partial charge in [0, 0.05) is 63.8 Å². The Morgan fingerprint density at radius 3 is 2.54 bits per heavy atom. The van der Waals surface area contributed by atoms with E-state index in [1.807, 2.05) is 74.4 Å². The molecule has 2 aromatic rings. The molecule has 2 N–H and O–H groups in total. The van der Waals surface area contributed by atoms with Gasteiger partial charge in [-0.25, -0.2) is 9.79 Å². The largest absolute Gasteiger partial charge is 0.378 e. The number of urea groups is 1. The van der Waals surface area contributed by atoms with E-state index in [1.54, 1.807) is 4.90 Å². The number of fused-ring (bicyclic) bond motifs is 1. The SMILES string of the molecule is CCCN1C(=O)C(NC(=O)Nc2cccc(N(C)C)c2)N=C(N2CCN(C)CC2)c2ccccc21. The van der Waals surface area contributed by atoms with Crippen LogP contribution in [-0.4, -0.2) is 87.6 Å². The zero-order valence-corrected chi connectivity index (χ0v) is 21.0. The summed E-state index contributed by atoms with van der Waals surface area (Å²) in [4.78, 5) is 39.7. The van der Waals surface area contributed by atoms with Crippen molar-refractivity contribution in [1.82, 2.24) is 15.1 Å². The first-order chi connectivity index (χ1) is 16.9. The molecule has 1 unspecified atom stereocenters. The summed E-state index contributed by atoms with van der Waals surface area (Å²) in [5.74, 6) is 0.515. The maximum absolute atomic E-state index is 13.7. The molecule has 0 aromatic heterocycles. The van der Waals surface area contributed by atoms with Crippen LogP contribution in [0.4, 0.5) is 21.9 Å². The first-order valence-electron chi connectivity index (χ1n) is 12.1. The maximum Gasteiger partial charge on any atom is 0.321 e. The minimum absolute atomic E-state index is 0.236. The molecule has 1 saturated heterocycles. The van der Waals surface area contributed by atoms with Gasteiger partial charge in [-0.2, -0.15) is 0 Å². The lowest BCUT2D eigenvalue weighted by molar-refractivity contribution is -0.120. The second-order valence-electron chi connectivity index (χ2n) is 9.20. The molecule has 0 aliphatic carbocycles. The van der Waals surface area contributed by atoms with Crippen molar-refractivity contribution in [3.63, 3.8) is 0 Å². The van der Waals surface area contributed by atoms with Gasteiger partial charge < -0.3 is 30.2 Å². The van der Waals surface area contributed by atoms with Crippen LogP contribution in [0, 0.1) is 0 Å². The third-order valence-corrected chi connectivity index (χ3v) is 6.33. The van der Waals surface area contributed by atoms with Crippen molar-refractivity contribution in [2.75, 3.05) is 69.0 Å². The summed E-state index contributed by atoms with van der Waals surface area (Å²) in [6.45, 7) is 6.02. The number of likely N-dealkylation sites (N-methyl/N-ethyl adjacent to an activating group) is 1. The van der Waals surface area contributed by atoms with Gasteiger partial charge in [0.2, 0.25) is 6.17 Å². The summed E-state index contributed by atoms with van der Waals surface area (Å²) in [5, 5.41) is 5.68. The Kier molecular flexibility index (Phi) is 7.55. The van der Waals surface area contributed by atoms with E-state index in [0.717, 1.165) is 55.4 Å². The van der Waals surface area contributed by atoms with Crippen molar-refractivity contribution in [2.45, 2.75) is 19.5 Å². The van der Waals surface area contributed by atoms with Gasteiger partial charge in [-0.1, -0.05) is 25.1 Å². The Labute approximate surface area is 207 Å². The molecule has 4 rings (SSSR count). The lowest BCUT2D eigenvalue weighted by Crippen LogP contribution is -2.50. The standard InChI is InChI=1S/C26H35N7O2/c1-5-13-33-22-12-7-6-11-21(22)24(32-16-14-31(4)15-17-32)28-23(25(33)34)29-26(35)27-19-9-8-10-20(18-19)30(2)3/h6-12,18,23H,5,13-17H2,1-4H3,(H2,27,29,35). The molecule has 0 spiro atoms. The number of benzodiazepines with no additional fused rings is 1. The summed E-state index contributed by atoms with van der Waals surface area (Å²) in [7, 11) is 5.99. The number of rotatable bonds is 5. The van der Waals surface area contributed by atoms with E-state index in [2.05, 4.69) is 27.5 Å². The number of amides is 3. The van der Waals surface area contributed by atoms with E-state index in [1.165, 1.54) is 0 Å². The van der Waals surface area contributed by atoms with E-state index >= 15 is 0 Å². The number of amidine groups is 1. The van der Waals surface area contributed by atoms with Crippen LogP contribution in [0.1, 0.15) is 18.9 Å². The summed E-state index contributed by atoms with van der Waals surface area (Å²) in [6.07, 6.45) is -0.235. The number of carbonyl (C=O) groups is 2. The highest BCUT2D eigenvalue weighted by Crippen LogP contribution is 2.27. The fourth-order valence-electron chi connectivity index (χ4n) is 4.38. The van der Waals surface area contributed by atoms with Gasteiger partial charge in [-0.05, 0) is 43.8 Å². The van der Waals surface area contributed by atoms with Gasteiger partial charge in [-0.3, -0.25) is 4.79 Å². The van der Waals surface area contributed by atoms with Gasteiger partial charge in [-0.15, -0.1) is 0 Å². The second kappa shape index (κ2) is 10.8. The van der Waals surface area contributed by atoms with Crippen LogP contribution in [-0.2, 0) is 4.79 Å². The third-order valence-electron chi connectivity index (χ3n) is 6.33. The van der Waals surface area contributed by atoms with Gasteiger partial charge in [0.15, 0.2) is 0 Å². The molecule has 186 valence electrons. The number of para-hydroxylation sites is 1. The number of hydrogen-bond donors (Lipinski definition) is 2. The minimum Gasteiger partial charge on any atom is -0.378 e. The molecular formula is C26H35N7O2. The topological polar surface area (TPSA) is 83.5 Å². The number of nitrogens with zero attached hydrogens (tertiary/aromatic N) is 5. The zero-order valence-electron chi connectivity index (χ0n) is 21.0. The predicted molar refractivity (Wildman–Crippen MR) is 141 cm³/mol. The summed E-state index contributed by atoms with van der Waals surface area (Å²) in [5.41, 5.74) is 3.36. The number of aliphatic imine (C=N–C) groups is 1. The zero-order chi connectivity index (χ0) is 24.9. The van der Waals surface area contributed by atoms with Crippen molar-refractivity contribution in [3.05, 3.63) is 54.1 Å². The van der Waals surface area contributed by atoms with E-state index in [0.29, 0.717) is 12.2 Å². The van der Waals surface area contributed by atoms with Crippen molar-refractivity contribution < 1.29 is 9.59 Å². The number of hydrogen-bond acceptors (Lipinski definition) is 6. The van der Waals surface area contributed by atoms with E-state index in [9.17, 15) is 9.59 Å². The van der Waals surface area contributed by atoms with Gasteiger partial charge in [0.05, 0.1) is 5.69 Å². The number of piperazine rings is 1. The number of benzene rings is 2. The van der Waals surface area contributed by atoms with Crippen LogP contribution in [0.15, 0.2) is 53.5 Å². The fourth-order valence-corrected chi connectivity index (χ4v) is 4.38. The smallest absolute Gasteiger partial charge is 0.321 e. The lowest BCUT2D eigenvalue weighted by atomic mass is 10.1.